The Kier molecular flexibility index (Phi) is 6.64. The first-order valence-electron chi connectivity index (χ1n) is 11.6. The van der Waals surface area contributed by atoms with Crippen LogP contribution in [0.5, 0.6) is 0 Å². The van der Waals surface area contributed by atoms with Crippen molar-refractivity contribution in [2.24, 2.45) is 4.99 Å². The normalized spacial score (nSPS) is 15.7. The van der Waals surface area contributed by atoms with Crippen LogP contribution in [-0.4, -0.2) is 10.5 Å². The van der Waals surface area contributed by atoms with Gasteiger partial charge in [0.25, 0.3) is 11.5 Å². The molecule has 1 aliphatic heterocycles. The Bertz CT molecular complexity index is 1640. The van der Waals surface area contributed by atoms with E-state index in [0.29, 0.717) is 42.6 Å². The molecule has 1 aliphatic rings. The average Bonchev–Trinajstić information content (AvgIpc) is 3.41. The molecule has 2 aromatic heterocycles. The van der Waals surface area contributed by atoms with E-state index in [4.69, 9.17) is 4.42 Å². The molecule has 0 bridgehead atoms. The van der Waals surface area contributed by atoms with E-state index >= 15 is 0 Å². The molecule has 6 nitrogen and oxygen atoms in total. The number of rotatable bonds is 5. The van der Waals surface area contributed by atoms with E-state index in [0.717, 1.165) is 5.56 Å². The molecule has 0 radical (unpaired) electrons. The van der Waals surface area contributed by atoms with E-state index < -0.39 is 6.04 Å². The van der Waals surface area contributed by atoms with Crippen LogP contribution in [0, 0.1) is 0 Å². The Morgan fingerprint density at radius 3 is 2.47 bits per heavy atom. The first-order valence-corrected chi connectivity index (χ1v) is 13.2. The summed E-state index contributed by atoms with van der Waals surface area (Å²) < 4.78 is 8.27. The fraction of sp³-hybridized carbons (Fsp3) is 0.179. The van der Waals surface area contributed by atoms with Crippen molar-refractivity contribution in [1.82, 2.24) is 4.57 Å². The van der Waals surface area contributed by atoms with Gasteiger partial charge in [0.05, 0.1) is 21.8 Å². The van der Waals surface area contributed by atoms with E-state index in [9.17, 15) is 9.59 Å². The molecule has 4 aromatic rings. The van der Waals surface area contributed by atoms with Crippen LogP contribution in [0.4, 0.5) is 5.69 Å². The third-order valence-electron chi connectivity index (χ3n) is 6.08. The van der Waals surface area contributed by atoms with Gasteiger partial charge in [0.2, 0.25) is 0 Å². The molecular weight excluding hydrogens is 538 g/mol. The molecule has 5 rings (SSSR count). The summed E-state index contributed by atoms with van der Waals surface area (Å²) in [7, 11) is 0. The molecule has 0 saturated carbocycles. The number of nitrogens with zero attached hydrogens (tertiary/aromatic N) is 2. The molecule has 3 heterocycles. The zero-order chi connectivity index (χ0) is 25.4. The number of para-hydroxylation sites is 1. The molecule has 2 aromatic carbocycles. The number of nitrogens with one attached hydrogen (secondary N) is 1. The van der Waals surface area contributed by atoms with Crippen LogP contribution < -0.4 is 20.2 Å². The molecule has 1 amide bonds. The number of fused-ring (bicyclic) bond motifs is 1. The van der Waals surface area contributed by atoms with Crippen LogP contribution >= 0.6 is 27.3 Å². The quantitative estimate of drug-likeness (QED) is 0.356. The van der Waals surface area contributed by atoms with Crippen molar-refractivity contribution in [2.45, 2.75) is 32.7 Å². The molecule has 0 aliphatic carbocycles. The predicted molar refractivity (Wildman–Crippen MR) is 146 cm³/mol. The molecule has 0 saturated heterocycles. The minimum Gasteiger partial charge on any atom is -0.450 e. The third kappa shape index (κ3) is 4.66. The summed E-state index contributed by atoms with van der Waals surface area (Å²) in [5.41, 5.74) is 3.51. The topological polar surface area (TPSA) is 76.6 Å². The predicted octanol–water partition coefficient (Wildman–Crippen LogP) is 5.35. The summed E-state index contributed by atoms with van der Waals surface area (Å²) in [5, 5.41) is 2.97. The fourth-order valence-electron chi connectivity index (χ4n) is 4.25. The third-order valence-corrected chi connectivity index (χ3v) is 7.49. The summed E-state index contributed by atoms with van der Waals surface area (Å²) in [6, 6.07) is 20.3. The van der Waals surface area contributed by atoms with Crippen LogP contribution in [-0.2, 0) is 4.79 Å². The minimum absolute atomic E-state index is 0.221. The molecule has 1 N–H and O–H groups in total. The lowest BCUT2D eigenvalue weighted by atomic mass is 9.93. The van der Waals surface area contributed by atoms with Crippen LogP contribution in [0.1, 0.15) is 49.6 Å². The van der Waals surface area contributed by atoms with Crippen molar-refractivity contribution in [3.8, 4) is 0 Å². The van der Waals surface area contributed by atoms with Gasteiger partial charge in [0, 0.05) is 11.8 Å². The average molecular weight is 562 g/mol. The molecule has 0 spiro atoms. The number of thiazole rings is 1. The maximum Gasteiger partial charge on any atom is 0.271 e. The lowest BCUT2D eigenvalue weighted by molar-refractivity contribution is -0.113. The highest BCUT2D eigenvalue weighted by Crippen LogP contribution is 2.31. The number of benzene rings is 2. The van der Waals surface area contributed by atoms with Crippen molar-refractivity contribution < 1.29 is 9.21 Å². The Morgan fingerprint density at radius 2 is 1.83 bits per heavy atom. The van der Waals surface area contributed by atoms with Gasteiger partial charge in [-0.3, -0.25) is 14.2 Å². The molecule has 8 heteroatoms. The zero-order valence-corrected chi connectivity index (χ0v) is 22.4. The molecule has 1 atom stereocenters. The Labute approximate surface area is 220 Å². The van der Waals surface area contributed by atoms with Crippen LogP contribution in [0.2, 0.25) is 0 Å². The zero-order valence-electron chi connectivity index (χ0n) is 20.0. The van der Waals surface area contributed by atoms with E-state index in [1.165, 1.54) is 16.9 Å². The van der Waals surface area contributed by atoms with E-state index in [1.807, 2.05) is 49.4 Å². The number of halogens is 1. The molecule has 1 unspecified atom stereocenters. The molecule has 36 heavy (non-hydrogen) atoms. The van der Waals surface area contributed by atoms with Gasteiger partial charge in [-0.2, -0.15) is 0 Å². The summed E-state index contributed by atoms with van der Waals surface area (Å²) >= 11 is 4.58. The summed E-state index contributed by atoms with van der Waals surface area (Å²) in [4.78, 5) is 32.5. The highest BCUT2D eigenvalue weighted by molar-refractivity contribution is 9.10. The SMILES string of the molecule is CC1=C(C(=O)Nc2ccccc2)C(c2ccc(C(C)C)cc2)n2c(s/c(=C\c3ccc(Br)o3)c2=O)=N1. The van der Waals surface area contributed by atoms with E-state index in [-0.39, 0.29) is 11.5 Å². The number of anilines is 1. The summed E-state index contributed by atoms with van der Waals surface area (Å²) in [6.07, 6.45) is 1.70. The van der Waals surface area contributed by atoms with Gasteiger partial charge in [-0.15, -0.1) is 0 Å². The van der Waals surface area contributed by atoms with Gasteiger partial charge in [-0.25, -0.2) is 4.99 Å². The number of allylic oxidation sites excluding steroid dienone is 1. The maximum absolute atomic E-state index is 13.7. The number of amides is 1. The number of furan rings is 1. The Morgan fingerprint density at radius 1 is 1.11 bits per heavy atom. The minimum atomic E-state index is -0.614. The second-order valence-corrected chi connectivity index (χ2v) is 10.7. The van der Waals surface area contributed by atoms with Crippen LogP contribution in [0.15, 0.2) is 96.9 Å². The standard InChI is InChI=1S/C28H24BrN3O3S/c1-16(2)18-9-11-19(12-10-18)25-24(26(33)31-20-7-5-4-6-8-20)17(3)30-28-32(25)27(34)22(36-28)15-21-13-14-23(29)35-21/h4-16,25H,1-3H3,(H,31,33)/b22-15-. The molecular formula is C28H24BrN3O3S. The van der Waals surface area contributed by atoms with Gasteiger partial charge >= 0.3 is 0 Å². The highest BCUT2D eigenvalue weighted by Gasteiger charge is 2.32. The lowest BCUT2D eigenvalue weighted by Crippen LogP contribution is -2.40. The summed E-state index contributed by atoms with van der Waals surface area (Å²) in [6.45, 7) is 6.08. The van der Waals surface area contributed by atoms with Gasteiger partial charge in [0.1, 0.15) is 5.76 Å². The highest BCUT2D eigenvalue weighted by atomic mass is 79.9. The second-order valence-electron chi connectivity index (χ2n) is 8.87. The smallest absolute Gasteiger partial charge is 0.271 e. The van der Waals surface area contributed by atoms with Crippen molar-refractivity contribution in [1.29, 1.82) is 0 Å². The number of carbonyl (C=O) groups is 1. The van der Waals surface area contributed by atoms with Gasteiger partial charge < -0.3 is 9.73 Å². The number of hydrogen-bond donors (Lipinski definition) is 1. The van der Waals surface area contributed by atoms with Crippen molar-refractivity contribution >= 4 is 44.9 Å². The first-order chi connectivity index (χ1) is 17.3. The Hall–Kier alpha value is -3.49. The first kappa shape index (κ1) is 24.2. The Balaban J connectivity index is 1.67. The van der Waals surface area contributed by atoms with E-state index in [2.05, 4.69) is 52.2 Å². The van der Waals surface area contributed by atoms with Crippen LogP contribution in [0.25, 0.3) is 6.08 Å². The summed E-state index contributed by atoms with van der Waals surface area (Å²) in [5.74, 6) is 0.638. The van der Waals surface area contributed by atoms with Gasteiger partial charge in [-0.05, 0) is 64.2 Å². The number of carbonyl (C=O) groups excluding carboxylic acids is 1. The fourth-order valence-corrected chi connectivity index (χ4v) is 5.59. The number of aromatic nitrogens is 1. The van der Waals surface area contributed by atoms with Crippen molar-refractivity contribution in [3.05, 3.63) is 119 Å². The maximum atomic E-state index is 13.7. The number of hydrogen-bond acceptors (Lipinski definition) is 5. The van der Waals surface area contributed by atoms with Crippen molar-refractivity contribution in [3.63, 3.8) is 0 Å². The van der Waals surface area contributed by atoms with Crippen molar-refractivity contribution in [2.75, 3.05) is 5.32 Å². The monoisotopic (exact) mass is 561 g/mol. The second kappa shape index (κ2) is 9.87. The largest absolute Gasteiger partial charge is 0.450 e. The lowest BCUT2D eigenvalue weighted by Gasteiger charge is -2.25. The van der Waals surface area contributed by atoms with Gasteiger partial charge in [-0.1, -0.05) is 67.6 Å². The van der Waals surface area contributed by atoms with E-state index in [1.54, 1.807) is 22.8 Å². The molecule has 0 fully saturated rings. The van der Waals surface area contributed by atoms with Gasteiger partial charge in [0.15, 0.2) is 9.47 Å². The van der Waals surface area contributed by atoms with Crippen LogP contribution in [0.3, 0.4) is 0 Å². The molecule has 182 valence electrons.